The van der Waals surface area contributed by atoms with Gasteiger partial charge in [0.1, 0.15) is 0 Å². The zero-order valence-corrected chi connectivity index (χ0v) is 17.8. The Morgan fingerprint density at radius 3 is 2.70 bits per heavy atom. The molecule has 3 aromatic rings. The number of allylic oxidation sites excluding steroid dienone is 1. The number of carbonyl (C=O) groups is 1. The molecular weight excluding hydrogens is 372 g/mol. The Hall–Kier alpha value is -2.11. The van der Waals surface area contributed by atoms with E-state index in [0.717, 1.165) is 15.1 Å². The van der Waals surface area contributed by atoms with Crippen molar-refractivity contribution in [2.24, 2.45) is 4.99 Å². The number of hydrogen-bond acceptors (Lipinski definition) is 3. The molecule has 0 saturated carbocycles. The van der Waals surface area contributed by atoms with Crippen LogP contribution in [0.25, 0.3) is 10.2 Å². The number of nitrogens with zero attached hydrogens (tertiary/aromatic N) is 2. The molecule has 0 N–H and O–H groups in total. The van der Waals surface area contributed by atoms with E-state index in [1.807, 2.05) is 30.3 Å². The van der Waals surface area contributed by atoms with E-state index in [2.05, 4.69) is 56.0 Å². The van der Waals surface area contributed by atoms with Gasteiger partial charge in [0.25, 0.3) is 5.91 Å². The number of thioether (sulfide) groups is 1. The number of rotatable bonds is 5. The molecule has 1 heterocycles. The highest BCUT2D eigenvalue weighted by atomic mass is 32.2. The molecule has 0 spiro atoms. The van der Waals surface area contributed by atoms with Crippen molar-refractivity contribution in [1.82, 2.24) is 4.57 Å². The van der Waals surface area contributed by atoms with Gasteiger partial charge in [-0.2, -0.15) is 4.99 Å². The lowest BCUT2D eigenvalue weighted by Gasteiger charge is -2.05. The molecule has 27 heavy (non-hydrogen) atoms. The van der Waals surface area contributed by atoms with Crippen molar-refractivity contribution in [1.29, 1.82) is 0 Å². The van der Waals surface area contributed by atoms with Crippen molar-refractivity contribution in [2.45, 2.75) is 44.4 Å². The molecule has 0 aliphatic carbocycles. The fourth-order valence-electron chi connectivity index (χ4n) is 2.84. The van der Waals surface area contributed by atoms with Crippen LogP contribution in [0.2, 0.25) is 0 Å². The van der Waals surface area contributed by atoms with Crippen LogP contribution >= 0.6 is 23.1 Å². The van der Waals surface area contributed by atoms with Crippen LogP contribution in [0.3, 0.4) is 0 Å². The molecular formula is C22H24N2OS2. The van der Waals surface area contributed by atoms with Crippen LogP contribution in [0.4, 0.5) is 0 Å². The first kappa shape index (κ1) is 19.6. The van der Waals surface area contributed by atoms with Crippen LogP contribution in [0.15, 0.2) is 58.9 Å². The molecule has 1 aromatic heterocycles. The average molecular weight is 397 g/mol. The molecule has 0 unspecified atom stereocenters. The summed E-state index contributed by atoms with van der Waals surface area (Å²) >= 11 is 3.29. The maximum absolute atomic E-state index is 12.8. The van der Waals surface area contributed by atoms with E-state index < -0.39 is 0 Å². The highest BCUT2D eigenvalue weighted by Gasteiger charge is 2.11. The minimum absolute atomic E-state index is 0.209. The maximum Gasteiger partial charge on any atom is 0.279 e. The number of amides is 1. The summed E-state index contributed by atoms with van der Waals surface area (Å²) in [6, 6.07) is 12.0. The average Bonchev–Trinajstić information content (AvgIpc) is 2.92. The minimum atomic E-state index is -0.209. The Labute approximate surface area is 168 Å². The Balaban J connectivity index is 2.08. The Morgan fingerprint density at radius 1 is 1.26 bits per heavy atom. The van der Waals surface area contributed by atoms with Gasteiger partial charge in [-0.3, -0.25) is 4.79 Å². The second-order valence-corrected chi connectivity index (χ2v) is 9.46. The summed E-state index contributed by atoms with van der Waals surface area (Å²) in [5, 5.41) is 0.469. The predicted molar refractivity (Wildman–Crippen MR) is 117 cm³/mol. The quantitative estimate of drug-likeness (QED) is 0.407. The maximum atomic E-state index is 12.8. The molecule has 0 atom stereocenters. The third kappa shape index (κ3) is 4.42. The standard InChI is InChI=1S/C22H24N2OS2/c1-6-10-24-19-11-15(4)16(5)12-20(19)27-22(24)23-21(25)17-8-7-9-18(13-17)26-14(2)3/h6-9,11-14H,1,10H2,2-5H3. The molecule has 0 radical (unpaired) electrons. The Kier molecular flexibility index (Phi) is 6.02. The fourth-order valence-corrected chi connectivity index (χ4v) is 4.85. The third-order valence-electron chi connectivity index (χ3n) is 4.26. The third-order valence-corrected chi connectivity index (χ3v) is 6.30. The summed E-state index contributed by atoms with van der Waals surface area (Å²) in [5.74, 6) is -0.209. The van der Waals surface area contributed by atoms with Crippen molar-refractivity contribution in [3.63, 3.8) is 0 Å². The van der Waals surface area contributed by atoms with Gasteiger partial charge in [-0.15, -0.1) is 18.3 Å². The van der Waals surface area contributed by atoms with E-state index in [-0.39, 0.29) is 5.91 Å². The molecule has 3 rings (SSSR count). The van der Waals surface area contributed by atoms with E-state index in [9.17, 15) is 4.79 Å². The predicted octanol–water partition coefficient (Wildman–Crippen LogP) is 5.75. The summed E-state index contributed by atoms with van der Waals surface area (Å²) in [5.41, 5.74) is 4.19. The highest BCUT2D eigenvalue weighted by Crippen LogP contribution is 2.24. The van der Waals surface area contributed by atoms with Crippen LogP contribution in [-0.2, 0) is 6.54 Å². The topological polar surface area (TPSA) is 34.4 Å². The van der Waals surface area contributed by atoms with Gasteiger partial charge in [-0.05, 0) is 55.3 Å². The Morgan fingerprint density at radius 2 is 2.00 bits per heavy atom. The summed E-state index contributed by atoms with van der Waals surface area (Å²) in [4.78, 5) is 19.1. The summed E-state index contributed by atoms with van der Waals surface area (Å²) in [7, 11) is 0. The van der Waals surface area contributed by atoms with Gasteiger partial charge in [0.15, 0.2) is 4.80 Å². The molecule has 140 valence electrons. The number of thiazole rings is 1. The second-order valence-electron chi connectivity index (χ2n) is 6.80. The van der Waals surface area contributed by atoms with Crippen LogP contribution < -0.4 is 4.80 Å². The van der Waals surface area contributed by atoms with Gasteiger partial charge < -0.3 is 4.57 Å². The largest absolute Gasteiger partial charge is 0.312 e. The molecule has 0 aliphatic rings. The van der Waals surface area contributed by atoms with Crippen LogP contribution in [0.1, 0.15) is 35.3 Å². The van der Waals surface area contributed by atoms with Crippen molar-refractivity contribution < 1.29 is 4.79 Å². The van der Waals surface area contributed by atoms with Gasteiger partial charge in [-0.1, -0.05) is 37.3 Å². The first-order chi connectivity index (χ1) is 12.9. The lowest BCUT2D eigenvalue weighted by molar-refractivity contribution is 0.0997. The number of carbonyl (C=O) groups excluding carboxylic acids is 1. The molecule has 5 heteroatoms. The van der Waals surface area contributed by atoms with E-state index in [0.29, 0.717) is 22.2 Å². The van der Waals surface area contributed by atoms with E-state index in [4.69, 9.17) is 0 Å². The van der Waals surface area contributed by atoms with Crippen LogP contribution in [-0.4, -0.2) is 15.7 Å². The molecule has 0 saturated heterocycles. The highest BCUT2D eigenvalue weighted by molar-refractivity contribution is 7.99. The molecule has 0 aliphatic heterocycles. The van der Waals surface area contributed by atoms with Crippen LogP contribution in [0, 0.1) is 13.8 Å². The molecule has 2 aromatic carbocycles. The first-order valence-corrected chi connectivity index (χ1v) is 10.7. The van der Waals surface area contributed by atoms with E-state index in [1.54, 1.807) is 23.1 Å². The second kappa shape index (κ2) is 8.28. The number of fused-ring (bicyclic) bond motifs is 1. The van der Waals surface area contributed by atoms with Gasteiger partial charge in [0.2, 0.25) is 0 Å². The normalized spacial score (nSPS) is 12.1. The van der Waals surface area contributed by atoms with Gasteiger partial charge >= 0.3 is 0 Å². The van der Waals surface area contributed by atoms with Crippen LogP contribution in [0.5, 0.6) is 0 Å². The lowest BCUT2D eigenvalue weighted by atomic mass is 10.1. The smallest absolute Gasteiger partial charge is 0.279 e. The number of aromatic nitrogens is 1. The van der Waals surface area contributed by atoms with E-state index in [1.165, 1.54) is 11.1 Å². The summed E-state index contributed by atoms with van der Waals surface area (Å²) in [6.45, 7) is 13.0. The number of hydrogen-bond donors (Lipinski definition) is 0. The minimum Gasteiger partial charge on any atom is -0.312 e. The first-order valence-electron chi connectivity index (χ1n) is 8.96. The Bertz CT molecular complexity index is 1070. The van der Waals surface area contributed by atoms with E-state index >= 15 is 0 Å². The summed E-state index contributed by atoms with van der Waals surface area (Å²) in [6.07, 6.45) is 1.84. The van der Waals surface area contributed by atoms with Crippen molar-refractivity contribution in [3.8, 4) is 0 Å². The molecule has 0 bridgehead atoms. The zero-order chi connectivity index (χ0) is 19.6. The van der Waals surface area contributed by atoms with Gasteiger partial charge in [0.05, 0.1) is 10.2 Å². The van der Waals surface area contributed by atoms with Gasteiger partial charge in [-0.25, -0.2) is 0 Å². The fraction of sp³-hybridized carbons (Fsp3) is 0.273. The van der Waals surface area contributed by atoms with Crippen molar-refractivity contribution in [2.75, 3.05) is 0 Å². The van der Waals surface area contributed by atoms with Crippen molar-refractivity contribution in [3.05, 3.63) is 70.5 Å². The molecule has 1 amide bonds. The SMILES string of the molecule is C=CCn1c(=NC(=O)c2cccc(SC(C)C)c2)sc2cc(C)c(C)cc21. The number of aryl methyl sites for hydroxylation is 2. The molecule has 3 nitrogen and oxygen atoms in total. The monoisotopic (exact) mass is 396 g/mol. The van der Waals surface area contributed by atoms with Gasteiger partial charge in [0, 0.05) is 22.3 Å². The zero-order valence-electron chi connectivity index (χ0n) is 16.2. The lowest BCUT2D eigenvalue weighted by Crippen LogP contribution is -2.16. The summed E-state index contributed by atoms with van der Waals surface area (Å²) < 4.78 is 3.19. The number of benzene rings is 2. The molecule has 0 fully saturated rings. The van der Waals surface area contributed by atoms with Crippen molar-refractivity contribution >= 4 is 39.2 Å².